The standard InChI is InChI=1S/C19H26O2/c1-5-6-7-8-19-17(14(4)20)12-16-11-15(13(2)3)9-10-18(16)21-19/h9-11,13H,5-8,12H2,1-4H3. The van der Waals surface area contributed by atoms with Gasteiger partial charge in [-0.2, -0.15) is 0 Å². The van der Waals surface area contributed by atoms with Crippen molar-refractivity contribution in [3.8, 4) is 5.75 Å². The molecular formula is C19H26O2. The van der Waals surface area contributed by atoms with E-state index in [-0.39, 0.29) is 5.78 Å². The Morgan fingerprint density at radius 2 is 2.05 bits per heavy atom. The van der Waals surface area contributed by atoms with E-state index in [2.05, 4.69) is 39.0 Å². The second-order valence-corrected chi connectivity index (χ2v) is 6.22. The van der Waals surface area contributed by atoms with Crippen LogP contribution in [0.4, 0.5) is 0 Å². The Morgan fingerprint density at radius 3 is 2.67 bits per heavy atom. The number of benzene rings is 1. The Balaban J connectivity index is 2.25. The number of rotatable bonds is 6. The minimum absolute atomic E-state index is 0.141. The third-order valence-electron chi connectivity index (χ3n) is 4.12. The molecule has 2 heteroatoms. The number of allylic oxidation sites excluding steroid dienone is 2. The quantitative estimate of drug-likeness (QED) is 0.674. The van der Waals surface area contributed by atoms with Crippen LogP contribution in [0.5, 0.6) is 5.75 Å². The van der Waals surface area contributed by atoms with Gasteiger partial charge in [0, 0.05) is 18.4 Å². The zero-order valence-electron chi connectivity index (χ0n) is 13.7. The highest BCUT2D eigenvalue weighted by atomic mass is 16.5. The molecule has 0 spiro atoms. The van der Waals surface area contributed by atoms with Crippen LogP contribution in [-0.2, 0) is 11.2 Å². The molecule has 0 aromatic heterocycles. The first-order chi connectivity index (χ1) is 10.0. The van der Waals surface area contributed by atoms with Gasteiger partial charge in [-0.1, -0.05) is 45.7 Å². The van der Waals surface area contributed by atoms with Crippen LogP contribution < -0.4 is 4.74 Å². The Labute approximate surface area is 128 Å². The first-order valence-corrected chi connectivity index (χ1v) is 8.06. The van der Waals surface area contributed by atoms with Crippen LogP contribution in [-0.4, -0.2) is 5.78 Å². The fraction of sp³-hybridized carbons (Fsp3) is 0.526. The monoisotopic (exact) mass is 286 g/mol. The molecule has 1 aromatic rings. The number of ketones is 1. The molecule has 1 aromatic carbocycles. The van der Waals surface area contributed by atoms with E-state index in [1.165, 1.54) is 18.4 Å². The minimum Gasteiger partial charge on any atom is -0.461 e. The second kappa shape index (κ2) is 6.93. The Hall–Kier alpha value is -1.57. The molecule has 0 N–H and O–H groups in total. The van der Waals surface area contributed by atoms with Crippen molar-refractivity contribution in [1.29, 1.82) is 0 Å². The van der Waals surface area contributed by atoms with Gasteiger partial charge < -0.3 is 4.74 Å². The molecule has 0 fully saturated rings. The van der Waals surface area contributed by atoms with Gasteiger partial charge in [-0.25, -0.2) is 0 Å². The number of hydrogen-bond acceptors (Lipinski definition) is 2. The van der Waals surface area contributed by atoms with Crippen molar-refractivity contribution in [2.75, 3.05) is 0 Å². The summed E-state index contributed by atoms with van der Waals surface area (Å²) in [6.07, 6.45) is 5.02. The third kappa shape index (κ3) is 3.75. The van der Waals surface area contributed by atoms with Gasteiger partial charge in [0.1, 0.15) is 11.5 Å². The molecule has 0 radical (unpaired) electrons. The highest BCUT2D eigenvalue weighted by Gasteiger charge is 2.22. The predicted molar refractivity (Wildman–Crippen MR) is 86.7 cm³/mol. The number of Topliss-reactive ketones (excluding diaryl/α,β-unsaturated/α-hetero) is 1. The molecule has 0 bridgehead atoms. The van der Waals surface area contributed by atoms with Crippen molar-refractivity contribution in [3.63, 3.8) is 0 Å². The highest BCUT2D eigenvalue weighted by Crippen LogP contribution is 2.34. The largest absolute Gasteiger partial charge is 0.461 e. The summed E-state index contributed by atoms with van der Waals surface area (Å²) in [7, 11) is 0. The number of unbranched alkanes of at least 4 members (excludes halogenated alkanes) is 2. The summed E-state index contributed by atoms with van der Waals surface area (Å²) in [5, 5.41) is 0. The van der Waals surface area contributed by atoms with Gasteiger partial charge in [-0.3, -0.25) is 4.79 Å². The van der Waals surface area contributed by atoms with E-state index >= 15 is 0 Å². The van der Waals surface area contributed by atoms with Gasteiger partial charge in [0.05, 0.1) is 0 Å². The van der Waals surface area contributed by atoms with E-state index in [9.17, 15) is 4.79 Å². The molecule has 2 nitrogen and oxygen atoms in total. The molecule has 0 unspecified atom stereocenters. The smallest absolute Gasteiger partial charge is 0.159 e. The van der Waals surface area contributed by atoms with Gasteiger partial charge >= 0.3 is 0 Å². The number of carbonyl (C=O) groups excluding carboxylic acids is 1. The summed E-state index contributed by atoms with van der Waals surface area (Å²) < 4.78 is 6.05. The van der Waals surface area contributed by atoms with Crippen molar-refractivity contribution in [2.24, 2.45) is 0 Å². The van der Waals surface area contributed by atoms with Crippen LogP contribution in [0.15, 0.2) is 29.5 Å². The predicted octanol–water partition coefficient (Wildman–Crippen LogP) is 5.17. The average Bonchev–Trinajstić information content (AvgIpc) is 2.46. The molecule has 0 saturated carbocycles. The fourth-order valence-electron chi connectivity index (χ4n) is 2.74. The minimum atomic E-state index is 0.141. The molecule has 0 aliphatic carbocycles. The van der Waals surface area contributed by atoms with Gasteiger partial charge in [0.2, 0.25) is 0 Å². The van der Waals surface area contributed by atoms with Crippen LogP contribution >= 0.6 is 0 Å². The lowest BCUT2D eigenvalue weighted by Gasteiger charge is -2.23. The number of carbonyl (C=O) groups is 1. The van der Waals surface area contributed by atoms with Crippen LogP contribution in [0.1, 0.15) is 70.4 Å². The zero-order valence-corrected chi connectivity index (χ0v) is 13.7. The Morgan fingerprint density at radius 1 is 1.29 bits per heavy atom. The maximum absolute atomic E-state index is 11.9. The molecule has 2 rings (SSSR count). The molecule has 0 amide bonds. The lowest BCUT2D eigenvalue weighted by atomic mass is 9.92. The van der Waals surface area contributed by atoms with E-state index in [1.807, 2.05) is 0 Å². The van der Waals surface area contributed by atoms with Crippen LogP contribution in [0.25, 0.3) is 0 Å². The summed E-state index contributed by atoms with van der Waals surface area (Å²) in [6, 6.07) is 6.37. The lowest BCUT2D eigenvalue weighted by Crippen LogP contribution is -2.15. The Bertz CT molecular complexity index is 553. The summed E-state index contributed by atoms with van der Waals surface area (Å²) in [5.41, 5.74) is 3.31. The average molecular weight is 286 g/mol. The molecule has 1 aliphatic heterocycles. The van der Waals surface area contributed by atoms with Gasteiger partial charge in [-0.15, -0.1) is 0 Å². The number of hydrogen-bond donors (Lipinski definition) is 0. The summed E-state index contributed by atoms with van der Waals surface area (Å²) in [5.74, 6) is 2.45. The van der Waals surface area contributed by atoms with Crippen LogP contribution in [0, 0.1) is 0 Å². The molecule has 0 saturated heterocycles. The van der Waals surface area contributed by atoms with Gasteiger partial charge in [0.15, 0.2) is 5.78 Å². The first-order valence-electron chi connectivity index (χ1n) is 8.06. The maximum atomic E-state index is 11.9. The molecule has 1 aliphatic rings. The number of fused-ring (bicyclic) bond motifs is 1. The van der Waals surface area contributed by atoms with Crippen molar-refractivity contribution < 1.29 is 9.53 Å². The Kier molecular flexibility index (Phi) is 5.22. The van der Waals surface area contributed by atoms with Gasteiger partial charge in [0.25, 0.3) is 0 Å². The van der Waals surface area contributed by atoms with Crippen LogP contribution in [0.2, 0.25) is 0 Å². The van der Waals surface area contributed by atoms with Crippen molar-refractivity contribution in [3.05, 3.63) is 40.7 Å². The van der Waals surface area contributed by atoms with Crippen molar-refractivity contribution in [2.45, 2.75) is 65.7 Å². The van der Waals surface area contributed by atoms with E-state index in [0.29, 0.717) is 12.3 Å². The van der Waals surface area contributed by atoms with Crippen molar-refractivity contribution in [1.82, 2.24) is 0 Å². The van der Waals surface area contributed by atoms with Crippen LogP contribution in [0.3, 0.4) is 0 Å². The summed E-state index contributed by atoms with van der Waals surface area (Å²) in [6.45, 7) is 8.20. The number of ether oxygens (including phenoxy) is 1. The summed E-state index contributed by atoms with van der Waals surface area (Å²) in [4.78, 5) is 11.9. The van der Waals surface area contributed by atoms with E-state index < -0.39 is 0 Å². The van der Waals surface area contributed by atoms with Gasteiger partial charge in [-0.05, 0) is 36.5 Å². The zero-order chi connectivity index (χ0) is 15.4. The first kappa shape index (κ1) is 15.8. The fourth-order valence-corrected chi connectivity index (χ4v) is 2.74. The molecule has 21 heavy (non-hydrogen) atoms. The highest BCUT2D eigenvalue weighted by molar-refractivity contribution is 5.94. The van der Waals surface area contributed by atoms with E-state index in [4.69, 9.17) is 4.74 Å². The molecule has 0 atom stereocenters. The lowest BCUT2D eigenvalue weighted by molar-refractivity contribution is -0.113. The molecule has 1 heterocycles. The third-order valence-corrected chi connectivity index (χ3v) is 4.12. The SMILES string of the molecule is CCCCCC1=C(C(C)=O)Cc2cc(C(C)C)ccc2O1. The topological polar surface area (TPSA) is 26.3 Å². The second-order valence-electron chi connectivity index (χ2n) is 6.22. The van der Waals surface area contributed by atoms with E-state index in [1.54, 1.807) is 6.92 Å². The molecular weight excluding hydrogens is 260 g/mol. The van der Waals surface area contributed by atoms with Crippen molar-refractivity contribution >= 4 is 5.78 Å². The molecule has 114 valence electrons. The summed E-state index contributed by atoms with van der Waals surface area (Å²) >= 11 is 0. The maximum Gasteiger partial charge on any atom is 0.159 e. The van der Waals surface area contributed by atoms with E-state index in [0.717, 1.165) is 35.5 Å². The normalized spacial score (nSPS) is 14.1.